The Morgan fingerprint density at radius 3 is 2.50 bits per heavy atom. The zero-order chi connectivity index (χ0) is 18.4. The smallest absolute Gasteiger partial charge is 0.220 e. The number of hydrogen-bond acceptors (Lipinski definition) is 3. The lowest BCUT2D eigenvalue weighted by atomic mass is 10.0. The number of rotatable bonds is 7. The van der Waals surface area contributed by atoms with Crippen LogP contribution in [0, 0.1) is 0 Å². The first-order valence-electron chi connectivity index (χ1n) is 8.72. The van der Waals surface area contributed by atoms with E-state index in [0.29, 0.717) is 12.8 Å². The fourth-order valence-electron chi connectivity index (χ4n) is 2.88. The van der Waals surface area contributed by atoms with E-state index in [1.54, 1.807) is 7.11 Å². The van der Waals surface area contributed by atoms with Crippen molar-refractivity contribution >= 4 is 16.7 Å². The summed E-state index contributed by atoms with van der Waals surface area (Å²) in [6.45, 7) is 0.208. The highest BCUT2D eigenvalue weighted by molar-refractivity contribution is 5.83. The van der Waals surface area contributed by atoms with Crippen LogP contribution in [-0.4, -0.2) is 24.7 Å². The predicted octanol–water partition coefficient (Wildman–Crippen LogP) is 3.63. The maximum Gasteiger partial charge on any atom is 0.220 e. The molecule has 4 heteroatoms. The Bertz CT molecular complexity index is 874. The van der Waals surface area contributed by atoms with Gasteiger partial charge in [0.25, 0.3) is 0 Å². The Kier molecular flexibility index (Phi) is 5.87. The SMILES string of the molecule is COc1ccc(CCC(=O)NCC(O)c2ccc3ccccc3c2)cc1. The van der Waals surface area contributed by atoms with Gasteiger partial charge in [-0.2, -0.15) is 0 Å². The van der Waals surface area contributed by atoms with E-state index in [1.807, 2.05) is 66.7 Å². The van der Waals surface area contributed by atoms with Crippen molar-refractivity contribution in [2.45, 2.75) is 18.9 Å². The molecule has 0 aromatic heterocycles. The largest absolute Gasteiger partial charge is 0.497 e. The Morgan fingerprint density at radius 1 is 1.04 bits per heavy atom. The molecule has 0 heterocycles. The zero-order valence-electron chi connectivity index (χ0n) is 14.8. The Balaban J connectivity index is 1.49. The molecule has 1 amide bonds. The highest BCUT2D eigenvalue weighted by Gasteiger charge is 2.10. The van der Waals surface area contributed by atoms with Gasteiger partial charge in [-0.25, -0.2) is 0 Å². The minimum atomic E-state index is -0.718. The fraction of sp³-hybridized carbons (Fsp3) is 0.227. The summed E-state index contributed by atoms with van der Waals surface area (Å²) in [4.78, 5) is 12.0. The number of aliphatic hydroxyl groups excluding tert-OH is 1. The highest BCUT2D eigenvalue weighted by atomic mass is 16.5. The summed E-state index contributed by atoms with van der Waals surface area (Å²) in [5.74, 6) is 0.734. The van der Waals surface area contributed by atoms with E-state index in [-0.39, 0.29) is 12.5 Å². The van der Waals surface area contributed by atoms with Crippen molar-refractivity contribution in [2.75, 3.05) is 13.7 Å². The molecule has 0 spiro atoms. The molecule has 0 saturated heterocycles. The molecule has 0 aliphatic carbocycles. The first-order valence-corrected chi connectivity index (χ1v) is 8.72. The van der Waals surface area contributed by atoms with Crippen LogP contribution in [0.5, 0.6) is 5.75 Å². The van der Waals surface area contributed by atoms with E-state index in [1.165, 1.54) is 0 Å². The van der Waals surface area contributed by atoms with Crippen molar-refractivity contribution in [1.29, 1.82) is 0 Å². The molecule has 1 unspecified atom stereocenters. The van der Waals surface area contributed by atoms with Gasteiger partial charge in [0.2, 0.25) is 5.91 Å². The van der Waals surface area contributed by atoms with Crippen LogP contribution in [0.4, 0.5) is 0 Å². The van der Waals surface area contributed by atoms with E-state index < -0.39 is 6.10 Å². The van der Waals surface area contributed by atoms with Crippen molar-refractivity contribution in [1.82, 2.24) is 5.32 Å². The van der Waals surface area contributed by atoms with Crippen LogP contribution in [0.25, 0.3) is 10.8 Å². The van der Waals surface area contributed by atoms with E-state index in [4.69, 9.17) is 4.74 Å². The number of methoxy groups -OCH3 is 1. The molecule has 0 fully saturated rings. The number of hydrogen-bond donors (Lipinski definition) is 2. The van der Waals surface area contributed by atoms with Gasteiger partial charge in [0.15, 0.2) is 0 Å². The van der Waals surface area contributed by atoms with Crippen LogP contribution >= 0.6 is 0 Å². The Morgan fingerprint density at radius 2 is 1.77 bits per heavy atom. The van der Waals surface area contributed by atoms with Gasteiger partial charge in [-0.05, 0) is 46.5 Å². The molecule has 0 aliphatic rings. The second-order valence-electron chi connectivity index (χ2n) is 6.27. The second-order valence-corrected chi connectivity index (χ2v) is 6.27. The molecular weight excluding hydrogens is 326 g/mol. The molecule has 0 radical (unpaired) electrons. The minimum Gasteiger partial charge on any atom is -0.497 e. The minimum absolute atomic E-state index is 0.0688. The van der Waals surface area contributed by atoms with Gasteiger partial charge in [-0.15, -0.1) is 0 Å². The maximum absolute atomic E-state index is 12.0. The molecule has 1 atom stereocenters. The summed E-state index contributed by atoms with van der Waals surface area (Å²) in [5.41, 5.74) is 1.88. The van der Waals surface area contributed by atoms with Gasteiger partial charge < -0.3 is 15.2 Å². The summed E-state index contributed by atoms with van der Waals surface area (Å²) in [6, 6.07) is 21.5. The summed E-state index contributed by atoms with van der Waals surface area (Å²) >= 11 is 0. The third-order valence-corrected chi connectivity index (χ3v) is 4.45. The number of aryl methyl sites for hydroxylation is 1. The standard InChI is InChI=1S/C22H23NO3/c1-26-20-11-6-16(7-12-20)8-13-22(25)23-15-21(24)19-10-9-17-4-2-3-5-18(17)14-19/h2-7,9-12,14,21,24H,8,13,15H2,1H3,(H,23,25). The number of nitrogens with one attached hydrogen (secondary N) is 1. The number of benzene rings is 3. The highest BCUT2D eigenvalue weighted by Crippen LogP contribution is 2.20. The number of carbonyl (C=O) groups excluding carboxylic acids is 1. The van der Waals surface area contributed by atoms with Gasteiger partial charge in [0, 0.05) is 13.0 Å². The van der Waals surface area contributed by atoms with Crippen molar-refractivity contribution in [3.05, 3.63) is 77.9 Å². The average molecular weight is 349 g/mol. The maximum atomic E-state index is 12.0. The van der Waals surface area contributed by atoms with Gasteiger partial charge in [-0.1, -0.05) is 48.5 Å². The average Bonchev–Trinajstić information content (AvgIpc) is 2.70. The Hall–Kier alpha value is -2.85. The van der Waals surface area contributed by atoms with Gasteiger partial charge in [0.05, 0.1) is 13.2 Å². The second kappa shape index (κ2) is 8.50. The molecule has 26 heavy (non-hydrogen) atoms. The number of fused-ring (bicyclic) bond motifs is 1. The monoisotopic (exact) mass is 349 g/mol. The van der Waals surface area contributed by atoms with Crippen molar-refractivity contribution < 1.29 is 14.6 Å². The van der Waals surface area contributed by atoms with E-state index in [9.17, 15) is 9.90 Å². The van der Waals surface area contributed by atoms with Crippen LogP contribution in [0.1, 0.15) is 23.7 Å². The predicted molar refractivity (Wildman–Crippen MR) is 103 cm³/mol. The molecule has 3 aromatic rings. The molecular formula is C22H23NO3. The number of aliphatic hydroxyl groups is 1. The lowest BCUT2D eigenvalue weighted by molar-refractivity contribution is -0.121. The normalized spacial score (nSPS) is 11.9. The van der Waals surface area contributed by atoms with E-state index in [0.717, 1.165) is 27.6 Å². The van der Waals surface area contributed by atoms with Crippen molar-refractivity contribution in [2.24, 2.45) is 0 Å². The summed E-state index contributed by atoms with van der Waals surface area (Å²) in [5, 5.41) is 15.4. The van der Waals surface area contributed by atoms with Crippen molar-refractivity contribution in [3.8, 4) is 5.75 Å². The summed E-state index contributed by atoms with van der Waals surface area (Å²) < 4.78 is 5.12. The number of carbonyl (C=O) groups is 1. The topological polar surface area (TPSA) is 58.6 Å². The van der Waals surface area contributed by atoms with Crippen LogP contribution in [0.3, 0.4) is 0 Å². The molecule has 3 aromatic carbocycles. The van der Waals surface area contributed by atoms with Crippen LogP contribution in [-0.2, 0) is 11.2 Å². The molecule has 3 rings (SSSR count). The van der Waals surface area contributed by atoms with Gasteiger partial charge in [0.1, 0.15) is 5.75 Å². The molecule has 0 aliphatic heterocycles. The van der Waals surface area contributed by atoms with E-state index in [2.05, 4.69) is 5.32 Å². The third kappa shape index (κ3) is 4.61. The zero-order valence-corrected chi connectivity index (χ0v) is 14.8. The molecule has 134 valence electrons. The van der Waals surface area contributed by atoms with Crippen LogP contribution < -0.4 is 10.1 Å². The lowest BCUT2D eigenvalue weighted by Crippen LogP contribution is -2.28. The third-order valence-electron chi connectivity index (χ3n) is 4.45. The van der Waals surface area contributed by atoms with Crippen LogP contribution in [0.15, 0.2) is 66.7 Å². The fourth-order valence-corrected chi connectivity index (χ4v) is 2.88. The summed E-state index contributed by atoms with van der Waals surface area (Å²) in [6.07, 6.45) is 0.322. The van der Waals surface area contributed by atoms with Gasteiger partial charge in [-0.3, -0.25) is 4.79 Å². The van der Waals surface area contributed by atoms with Crippen LogP contribution in [0.2, 0.25) is 0 Å². The lowest BCUT2D eigenvalue weighted by Gasteiger charge is -2.13. The van der Waals surface area contributed by atoms with Gasteiger partial charge >= 0.3 is 0 Å². The summed E-state index contributed by atoms with van der Waals surface area (Å²) in [7, 11) is 1.63. The molecule has 2 N–H and O–H groups in total. The first kappa shape index (κ1) is 18.0. The molecule has 0 bridgehead atoms. The first-order chi connectivity index (χ1) is 12.7. The molecule has 4 nitrogen and oxygen atoms in total. The molecule has 0 saturated carbocycles. The van der Waals surface area contributed by atoms with E-state index >= 15 is 0 Å². The van der Waals surface area contributed by atoms with Crippen molar-refractivity contribution in [3.63, 3.8) is 0 Å². The quantitative estimate of drug-likeness (QED) is 0.685. The Labute approximate surface area is 153 Å². The number of ether oxygens (including phenoxy) is 1. The number of amides is 1.